The molecule has 1 saturated heterocycles. The van der Waals surface area contributed by atoms with Gasteiger partial charge >= 0.3 is 0 Å². The van der Waals surface area contributed by atoms with Gasteiger partial charge < -0.3 is 15.2 Å². The normalized spacial score (nSPS) is 23.9. The first kappa shape index (κ1) is 22.0. The third-order valence-corrected chi connectivity index (χ3v) is 5.72. The third kappa shape index (κ3) is 5.28. The van der Waals surface area contributed by atoms with E-state index in [0.717, 1.165) is 5.56 Å². The standard InChI is InChI=1S/C21H24Cl2N2O4/c1-21(12-25(28)20(27)14-5-3-2-4-6-14)13-29-18(19(21)26)11-24-10-15-7-8-16(22)9-17(15)23/h2-9,18-19,24,26,28H,10-13H2,1H3/t18-,19-,21-/m1/s1. The van der Waals surface area contributed by atoms with Gasteiger partial charge in [-0.3, -0.25) is 10.0 Å². The average Bonchev–Trinajstić information content (AvgIpc) is 2.98. The highest BCUT2D eigenvalue weighted by Crippen LogP contribution is 2.33. The van der Waals surface area contributed by atoms with Crippen LogP contribution in [-0.4, -0.2) is 53.2 Å². The molecule has 1 heterocycles. The Hall–Kier alpha value is -1.67. The number of carbonyl (C=O) groups is 1. The van der Waals surface area contributed by atoms with E-state index in [2.05, 4.69) is 5.32 Å². The molecule has 1 aliphatic heterocycles. The van der Waals surface area contributed by atoms with Crippen LogP contribution in [0.25, 0.3) is 0 Å². The Morgan fingerprint density at radius 1 is 1.28 bits per heavy atom. The number of carbonyl (C=O) groups excluding carboxylic acids is 1. The Balaban J connectivity index is 1.53. The van der Waals surface area contributed by atoms with Gasteiger partial charge in [0.1, 0.15) is 0 Å². The molecule has 0 bridgehead atoms. The number of aliphatic hydroxyl groups excluding tert-OH is 1. The molecule has 156 valence electrons. The van der Waals surface area contributed by atoms with E-state index in [0.29, 0.717) is 33.8 Å². The molecule has 1 fully saturated rings. The highest BCUT2D eigenvalue weighted by molar-refractivity contribution is 6.35. The molecule has 3 atom stereocenters. The molecule has 2 aromatic rings. The van der Waals surface area contributed by atoms with E-state index in [1.807, 2.05) is 6.07 Å². The van der Waals surface area contributed by atoms with Gasteiger partial charge in [-0.1, -0.05) is 54.4 Å². The summed E-state index contributed by atoms with van der Waals surface area (Å²) in [4.78, 5) is 12.4. The topological polar surface area (TPSA) is 82.0 Å². The predicted octanol–water partition coefficient (Wildman–Crippen LogP) is 3.38. The zero-order chi connectivity index (χ0) is 21.0. The Labute approximate surface area is 180 Å². The molecule has 0 unspecified atom stereocenters. The van der Waals surface area contributed by atoms with Crippen molar-refractivity contribution in [1.82, 2.24) is 10.4 Å². The maximum Gasteiger partial charge on any atom is 0.277 e. The number of hydroxylamine groups is 2. The van der Waals surface area contributed by atoms with Gasteiger partial charge in [0.25, 0.3) is 5.91 Å². The monoisotopic (exact) mass is 438 g/mol. The van der Waals surface area contributed by atoms with Gasteiger partial charge in [0.15, 0.2) is 0 Å². The van der Waals surface area contributed by atoms with E-state index in [-0.39, 0.29) is 13.2 Å². The SMILES string of the molecule is C[C@@]1(CN(O)C(=O)c2ccccc2)CO[C@H](CNCc2ccc(Cl)cc2Cl)[C@H]1O. The number of rotatable bonds is 7. The number of ether oxygens (including phenoxy) is 1. The fourth-order valence-corrected chi connectivity index (χ4v) is 3.87. The van der Waals surface area contributed by atoms with Crippen LogP contribution in [0.15, 0.2) is 48.5 Å². The summed E-state index contributed by atoms with van der Waals surface area (Å²) in [5, 5.41) is 26.0. The van der Waals surface area contributed by atoms with Gasteiger partial charge in [-0.15, -0.1) is 0 Å². The molecule has 0 aliphatic carbocycles. The smallest absolute Gasteiger partial charge is 0.277 e. The Morgan fingerprint density at radius 3 is 2.69 bits per heavy atom. The van der Waals surface area contributed by atoms with E-state index in [4.69, 9.17) is 27.9 Å². The van der Waals surface area contributed by atoms with Crippen molar-refractivity contribution < 1.29 is 19.8 Å². The second-order valence-electron chi connectivity index (χ2n) is 7.54. The van der Waals surface area contributed by atoms with Crippen LogP contribution in [0.1, 0.15) is 22.8 Å². The van der Waals surface area contributed by atoms with Crippen LogP contribution >= 0.6 is 23.2 Å². The molecule has 1 amide bonds. The van der Waals surface area contributed by atoms with Crippen LogP contribution in [0.4, 0.5) is 0 Å². The Kier molecular flexibility index (Phi) is 7.16. The Morgan fingerprint density at radius 2 is 2.00 bits per heavy atom. The number of nitrogens with one attached hydrogen (secondary N) is 1. The third-order valence-electron chi connectivity index (χ3n) is 5.14. The first-order valence-electron chi connectivity index (χ1n) is 9.30. The van der Waals surface area contributed by atoms with E-state index >= 15 is 0 Å². The summed E-state index contributed by atoms with van der Waals surface area (Å²) >= 11 is 12.1. The molecule has 29 heavy (non-hydrogen) atoms. The fraction of sp³-hybridized carbons (Fsp3) is 0.381. The second-order valence-corrected chi connectivity index (χ2v) is 8.39. The first-order chi connectivity index (χ1) is 13.8. The minimum absolute atomic E-state index is 0.0403. The van der Waals surface area contributed by atoms with Crippen molar-refractivity contribution in [2.75, 3.05) is 19.7 Å². The lowest BCUT2D eigenvalue weighted by atomic mass is 9.84. The highest BCUT2D eigenvalue weighted by atomic mass is 35.5. The van der Waals surface area contributed by atoms with Gasteiger partial charge in [-0.05, 0) is 29.8 Å². The number of hydrogen-bond donors (Lipinski definition) is 3. The summed E-state index contributed by atoms with van der Waals surface area (Å²) in [6.07, 6.45) is -1.32. The summed E-state index contributed by atoms with van der Waals surface area (Å²) in [6.45, 7) is 2.86. The van der Waals surface area contributed by atoms with Gasteiger partial charge in [-0.25, -0.2) is 5.06 Å². The van der Waals surface area contributed by atoms with Crippen LogP contribution in [0.5, 0.6) is 0 Å². The van der Waals surface area contributed by atoms with E-state index in [9.17, 15) is 15.1 Å². The fourth-order valence-electron chi connectivity index (χ4n) is 3.39. The van der Waals surface area contributed by atoms with Crippen molar-refractivity contribution in [1.29, 1.82) is 0 Å². The van der Waals surface area contributed by atoms with Crippen LogP contribution in [-0.2, 0) is 11.3 Å². The van der Waals surface area contributed by atoms with Gasteiger partial charge in [0, 0.05) is 34.1 Å². The Bertz CT molecular complexity index is 852. The van der Waals surface area contributed by atoms with Crippen molar-refractivity contribution in [2.45, 2.75) is 25.7 Å². The van der Waals surface area contributed by atoms with Crippen molar-refractivity contribution in [3.05, 3.63) is 69.7 Å². The van der Waals surface area contributed by atoms with Crippen LogP contribution in [0, 0.1) is 5.41 Å². The number of amides is 1. The largest absolute Gasteiger partial charge is 0.390 e. The maximum absolute atomic E-state index is 12.4. The zero-order valence-electron chi connectivity index (χ0n) is 16.0. The van der Waals surface area contributed by atoms with Crippen molar-refractivity contribution in [3.63, 3.8) is 0 Å². The molecule has 3 rings (SSSR count). The van der Waals surface area contributed by atoms with Crippen molar-refractivity contribution >= 4 is 29.1 Å². The molecule has 3 N–H and O–H groups in total. The van der Waals surface area contributed by atoms with Gasteiger partial charge in [0.2, 0.25) is 0 Å². The molecule has 2 aromatic carbocycles. The molecule has 0 aromatic heterocycles. The minimum Gasteiger partial charge on any atom is -0.390 e. The van der Waals surface area contributed by atoms with Gasteiger partial charge in [0.05, 0.1) is 25.4 Å². The number of aliphatic hydroxyl groups is 1. The number of halogens is 2. The summed E-state index contributed by atoms with van der Waals surface area (Å²) in [5.41, 5.74) is 0.482. The van der Waals surface area contributed by atoms with E-state index in [1.54, 1.807) is 49.4 Å². The predicted molar refractivity (Wildman–Crippen MR) is 111 cm³/mol. The van der Waals surface area contributed by atoms with Crippen LogP contribution < -0.4 is 5.32 Å². The lowest BCUT2D eigenvalue weighted by Crippen LogP contribution is -2.47. The first-order valence-corrected chi connectivity index (χ1v) is 10.1. The van der Waals surface area contributed by atoms with Crippen molar-refractivity contribution in [3.8, 4) is 0 Å². The second kappa shape index (κ2) is 9.43. The molecule has 8 heteroatoms. The minimum atomic E-state index is -0.853. The van der Waals surface area contributed by atoms with E-state index < -0.39 is 23.5 Å². The average molecular weight is 439 g/mol. The molecule has 6 nitrogen and oxygen atoms in total. The molecule has 0 radical (unpaired) electrons. The van der Waals surface area contributed by atoms with Crippen LogP contribution in [0.3, 0.4) is 0 Å². The molecular weight excluding hydrogens is 415 g/mol. The zero-order valence-corrected chi connectivity index (χ0v) is 17.5. The molecule has 0 saturated carbocycles. The summed E-state index contributed by atoms with van der Waals surface area (Å²) in [6, 6.07) is 13.8. The van der Waals surface area contributed by atoms with Crippen LogP contribution in [0.2, 0.25) is 10.0 Å². The summed E-state index contributed by atoms with van der Waals surface area (Å²) in [5.74, 6) is -0.516. The van der Waals surface area contributed by atoms with Crippen molar-refractivity contribution in [2.24, 2.45) is 5.41 Å². The number of nitrogens with zero attached hydrogens (tertiary/aromatic N) is 1. The number of hydrogen-bond acceptors (Lipinski definition) is 5. The summed E-state index contributed by atoms with van der Waals surface area (Å²) in [7, 11) is 0. The lowest BCUT2D eigenvalue weighted by Gasteiger charge is -2.31. The molecule has 0 spiro atoms. The van der Waals surface area contributed by atoms with E-state index in [1.165, 1.54) is 0 Å². The summed E-state index contributed by atoms with van der Waals surface area (Å²) < 4.78 is 5.74. The van der Waals surface area contributed by atoms with Gasteiger partial charge in [-0.2, -0.15) is 0 Å². The lowest BCUT2D eigenvalue weighted by molar-refractivity contribution is -0.0940. The molecular formula is C21H24Cl2N2O4. The molecule has 1 aliphatic rings. The quantitative estimate of drug-likeness (QED) is 0.455. The maximum atomic E-state index is 12.4. The number of benzene rings is 2. The highest BCUT2D eigenvalue weighted by Gasteiger charge is 2.47.